The van der Waals surface area contributed by atoms with Crippen LogP contribution in [0, 0.1) is 0 Å². The molecule has 1 aromatic heterocycles. The summed E-state index contributed by atoms with van der Waals surface area (Å²) in [5.41, 5.74) is -0.0594. The highest BCUT2D eigenvalue weighted by Gasteiger charge is 2.41. The van der Waals surface area contributed by atoms with Gasteiger partial charge in [-0.25, -0.2) is 14.4 Å². The summed E-state index contributed by atoms with van der Waals surface area (Å²) in [6.07, 6.45) is -3.08. The second-order valence-electron chi connectivity index (χ2n) is 8.95. The molecule has 0 aliphatic rings. The lowest BCUT2D eigenvalue weighted by atomic mass is 10.1. The van der Waals surface area contributed by atoms with Gasteiger partial charge in [-0.1, -0.05) is 6.07 Å². The fourth-order valence-electron chi connectivity index (χ4n) is 3.71. The molecule has 1 heterocycles. The normalized spacial score (nSPS) is 11.6. The molecule has 0 unspecified atom stereocenters. The van der Waals surface area contributed by atoms with Crippen LogP contribution in [0.1, 0.15) is 40.3 Å². The quantitative estimate of drug-likeness (QED) is 0.207. The van der Waals surface area contributed by atoms with Crippen molar-refractivity contribution < 1.29 is 62.3 Å². The van der Waals surface area contributed by atoms with Gasteiger partial charge in [0.15, 0.2) is 23.0 Å². The molecular formula is C30H28N2O13. The molecule has 45 heavy (non-hydrogen) atoms. The third-order valence-corrected chi connectivity index (χ3v) is 5.72. The zero-order chi connectivity index (χ0) is 33.1. The molecule has 1 amide bonds. The minimum Gasteiger partial charge on any atom is -0.493 e. The summed E-state index contributed by atoms with van der Waals surface area (Å²) in [6.45, 7) is 2.13. The van der Waals surface area contributed by atoms with Crippen LogP contribution in [0.2, 0.25) is 0 Å². The molecule has 0 saturated carbocycles. The molecular weight excluding hydrogens is 596 g/mol. The van der Waals surface area contributed by atoms with E-state index < -0.39 is 48.0 Å². The number of pyridine rings is 1. The number of ether oxygens (including phenoxy) is 6. The van der Waals surface area contributed by atoms with Crippen LogP contribution in [-0.2, 0) is 35.2 Å². The number of carboxylic acid groups (broad SMARTS) is 1. The Morgan fingerprint density at radius 2 is 1.24 bits per heavy atom. The van der Waals surface area contributed by atoms with Crippen molar-refractivity contribution in [1.82, 2.24) is 10.3 Å². The molecule has 0 fully saturated rings. The average Bonchev–Trinajstić information content (AvgIpc) is 3.01. The van der Waals surface area contributed by atoms with E-state index in [-0.39, 0.29) is 40.7 Å². The van der Waals surface area contributed by atoms with E-state index in [9.17, 15) is 33.9 Å². The first kappa shape index (κ1) is 33.5. The maximum absolute atomic E-state index is 13.3. The largest absolute Gasteiger partial charge is 0.493 e. The van der Waals surface area contributed by atoms with Crippen molar-refractivity contribution in [3.63, 3.8) is 0 Å². The van der Waals surface area contributed by atoms with E-state index in [0.29, 0.717) is 5.69 Å². The number of nitrogens with zero attached hydrogens (tertiary/aromatic N) is 1. The molecule has 0 aliphatic carbocycles. The molecule has 2 atom stereocenters. The van der Waals surface area contributed by atoms with Gasteiger partial charge in [0.25, 0.3) is 5.91 Å². The maximum atomic E-state index is 13.3. The Hall–Kier alpha value is -5.99. The van der Waals surface area contributed by atoms with Crippen molar-refractivity contribution in [1.29, 1.82) is 0 Å². The number of esters is 4. The number of carboxylic acids is 1. The number of rotatable bonds is 13. The van der Waals surface area contributed by atoms with Gasteiger partial charge in [0.1, 0.15) is 0 Å². The molecule has 2 N–H and O–H groups in total. The van der Waals surface area contributed by atoms with Gasteiger partial charge in [0.2, 0.25) is 12.2 Å². The second-order valence-corrected chi connectivity index (χ2v) is 8.95. The fourth-order valence-corrected chi connectivity index (χ4v) is 3.71. The minimum atomic E-state index is -2.34. The molecule has 0 radical (unpaired) electrons. The molecule has 3 rings (SSSR count). The summed E-state index contributed by atoms with van der Waals surface area (Å²) < 4.78 is 30.7. The Labute approximate surface area is 256 Å². The molecule has 15 nitrogen and oxygen atoms in total. The third kappa shape index (κ3) is 9.25. The Morgan fingerprint density at radius 1 is 0.733 bits per heavy atom. The van der Waals surface area contributed by atoms with E-state index in [1.54, 1.807) is 18.2 Å². The van der Waals surface area contributed by atoms with Gasteiger partial charge in [0, 0.05) is 20.0 Å². The first-order valence-electron chi connectivity index (χ1n) is 13.0. The first-order valence-corrected chi connectivity index (χ1v) is 13.0. The average molecular weight is 625 g/mol. The van der Waals surface area contributed by atoms with Gasteiger partial charge in [-0.05, 0) is 48.5 Å². The number of methoxy groups -OCH3 is 2. The molecule has 2 aromatic carbocycles. The predicted molar refractivity (Wildman–Crippen MR) is 151 cm³/mol. The van der Waals surface area contributed by atoms with Crippen LogP contribution < -0.4 is 24.3 Å². The van der Waals surface area contributed by atoms with Gasteiger partial charge >= 0.3 is 29.8 Å². The number of carbonyl (C=O) groups excluding carboxylic acids is 5. The second kappa shape index (κ2) is 15.5. The van der Waals surface area contributed by atoms with Crippen LogP contribution in [-0.4, -0.2) is 72.3 Å². The number of aliphatic carboxylic acids is 1. The van der Waals surface area contributed by atoms with Crippen LogP contribution in [0.4, 0.5) is 0 Å². The highest BCUT2D eigenvalue weighted by Crippen LogP contribution is 2.30. The van der Waals surface area contributed by atoms with E-state index in [2.05, 4.69) is 10.3 Å². The van der Waals surface area contributed by atoms with E-state index in [1.165, 1.54) is 44.7 Å². The summed E-state index contributed by atoms with van der Waals surface area (Å²) >= 11 is 0. The van der Waals surface area contributed by atoms with Crippen LogP contribution in [0.15, 0.2) is 60.8 Å². The summed E-state index contributed by atoms with van der Waals surface area (Å²) in [7, 11) is 2.49. The molecule has 3 aromatic rings. The number of hydrogen-bond donors (Lipinski definition) is 2. The van der Waals surface area contributed by atoms with Crippen LogP contribution in [0.3, 0.4) is 0 Å². The van der Waals surface area contributed by atoms with Crippen molar-refractivity contribution in [2.45, 2.75) is 32.6 Å². The topological polar surface area (TPSA) is 203 Å². The zero-order valence-corrected chi connectivity index (χ0v) is 24.4. The van der Waals surface area contributed by atoms with Crippen molar-refractivity contribution in [2.75, 3.05) is 14.2 Å². The standard InChI is InChI=1S/C30H28N2O13/c1-16(33)42-21-10-8-18(13-23(21)40-3)29(38)44-25(27(35)32-15-20-7-5-6-12-31-20)26(28(36)37)45-30(39)19-9-11-22(43-17(2)34)24(14-19)41-4/h5-14,25-26H,15H2,1-4H3,(H,32,35)(H,36,37)/t25-,26+/m0/s1. The SMILES string of the molecule is COc1cc(C(=O)O[C@H](C(=O)NCc2ccccn2)[C@@H](OC(=O)c2ccc(OC(C)=O)c(OC)c2)C(=O)O)ccc1OC(C)=O. The number of carbonyl (C=O) groups is 6. The smallest absolute Gasteiger partial charge is 0.349 e. The van der Waals surface area contributed by atoms with Gasteiger partial charge in [-0.3, -0.25) is 19.4 Å². The minimum absolute atomic E-state index is 0.0151. The molecule has 0 bridgehead atoms. The highest BCUT2D eigenvalue weighted by molar-refractivity contribution is 5.97. The summed E-state index contributed by atoms with van der Waals surface area (Å²) in [5, 5.41) is 12.4. The van der Waals surface area contributed by atoms with Crippen molar-refractivity contribution in [3.05, 3.63) is 77.6 Å². The summed E-state index contributed by atoms with van der Waals surface area (Å²) in [5.74, 6) is -6.81. The van der Waals surface area contributed by atoms with Gasteiger partial charge in [0.05, 0.1) is 37.6 Å². The van der Waals surface area contributed by atoms with Gasteiger partial charge in [-0.15, -0.1) is 0 Å². The number of nitrogens with one attached hydrogen (secondary N) is 1. The molecule has 0 aliphatic heterocycles. The molecule has 0 saturated heterocycles. The lowest BCUT2D eigenvalue weighted by molar-refractivity contribution is -0.159. The summed E-state index contributed by atoms with van der Waals surface area (Å²) in [6, 6.07) is 11.9. The van der Waals surface area contributed by atoms with Crippen molar-refractivity contribution in [3.8, 4) is 23.0 Å². The fraction of sp³-hybridized carbons (Fsp3) is 0.233. The molecule has 15 heteroatoms. The van der Waals surface area contributed by atoms with E-state index >= 15 is 0 Å². The highest BCUT2D eigenvalue weighted by atomic mass is 16.6. The number of benzene rings is 2. The van der Waals surface area contributed by atoms with E-state index in [1.807, 2.05) is 0 Å². The maximum Gasteiger partial charge on any atom is 0.349 e. The van der Waals surface area contributed by atoms with E-state index in [0.717, 1.165) is 26.0 Å². The predicted octanol–water partition coefficient (Wildman–Crippen LogP) is 2.10. The number of hydrogen-bond acceptors (Lipinski definition) is 13. The molecule has 236 valence electrons. The zero-order valence-electron chi connectivity index (χ0n) is 24.4. The first-order chi connectivity index (χ1) is 21.4. The Kier molecular flexibility index (Phi) is 11.5. The van der Waals surface area contributed by atoms with Crippen molar-refractivity contribution in [2.24, 2.45) is 0 Å². The van der Waals surface area contributed by atoms with E-state index in [4.69, 9.17) is 28.4 Å². The lowest BCUT2D eigenvalue weighted by Crippen LogP contribution is -2.50. The monoisotopic (exact) mass is 624 g/mol. The third-order valence-electron chi connectivity index (χ3n) is 5.72. The lowest BCUT2D eigenvalue weighted by Gasteiger charge is -2.24. The number of amides is 1. The molecule has 0 spiro atoms. The van der Waals surface area contributed by atoms with Gasteiger partial charge in [-0.2, -0.15) is 0 Å². The van der Waals surface area contributed by atoms with Crippen molar-refractivity contribution >= 4 is 35.8 Å². The van der Waals surface area contributed by atoms with Crippen LogP contribution in [0.25, 0.3) is 0 Å². The van der Waals surface area contributed by atoms with Crippen LogP contribution in [0.5, 0.6) is 23.0 Å². The van der Waals surface area contributed by atoms with Crippen LogP contribution >= 0.6 is 0 Å². The van der Waals surface area contributed by atoms with Gasteiger partial charge < -0.3 is 38.8 Å². The Balaban J connectivity index is 1.93. The number of aromatic nitrogens is 1. The summed E-state index contributed by atoms with van der Waals surface area (Å²) in [4.78, 5) is 78.6. The Bertz CT molecular complexity index is 1590. The Morgan fingerprint density at radius 3 is 1.67 bits per heavy atom.